The fourth-order valence-corrected chi connectivity index (χ4v) is 5.10. The second-order valence-electron chi connectivity index (χ2n) is 8.26. The maximum Gasteiger partial charge on any atom is 0.128 e. The molecule has 0 aliphatic carbocycles. The van der Waals surface area contributed by atoms with Gasteiger partial charge in [0, 0.05) is 75.8 Å². The topological polar surface area (TPSA) is 47.5 Å². The number of piperazine rings is 2. The van der Waals surface area contributed by atoms with Crippen molar-refractivity contribution in [3.05, 3.63) is 59.9 Å². The highest BCUT2D eigenvalue weighted by Crippen LogP contribution is 2.39. The molecule has 148 valence electrons. The summed E-state index contributed by atoms with van der Waals surface area (Å²) in [5, 5.41) is 4.67. The number of benzene rings is 1. The lowest BCUT2D eigenvalue weighted by Crippen LogP contribution is -2.45. The largest absolute Gasteiger partial charge is 0.368 e. The Bertz CT molecular complexity index is 1040. The minimum Gasteiger partial charge on any atom is -0.368 e. The average Bonchev–Trinajstić information content (AvgIpc) is 3.16. The maximum absolute atomic E-state index is 4.86. The van der Waals surface area contributed by atoms with Crippen molar-refractivity contribution in [1.29, 1.82) is 0 Å². The van der Waals surface area contributed by atoms with Gasteiger partial charge in [-0.15, -0.1) is 0 Å². The van der Waals surface area contributed by atoms with Crippen molar-refractivity contribution in [2.45, 2.75) is 12.6 Å². The molecule has 0 saturated carbocycles. The zero-order chi connectivity index (χ0) is 19.2. The van der Waals surface area contributed by atoms with Crippen LogP contribution in [0.5, 0.6) is 0 Å². The van der Waals surface area contributed by atoms with Gasteiger partial charge in [-0.05, 0) is 41.5 Å². The Labute approximate surface area is 171 Å². The first-order chi connectivity index (χ1) is 14.4. The lowest BCUT2D eigenvalue weighted by molar-refractivity contribution is 0.195. The van der Waals surface area contributed by atoms with Crippen molar-refractivity contribution in [2.24, 2.45) is 0 Å². The van der Waals surface area contributed by atoms with Crippen LogP contribution in [0.1, 0.15) is 17.2 Å². The zero-order valence-corrected chi connectivity index (χ0v) is 16.6. The van der Waals surface area contributed by atoms with Crippen molar-refractivity contribution < 1.29 is 0 Å². The molecule has 3 aliphatic heterocycles. The van der Waals surface area contributed by atoms with Gasteiger partial charge in [-0.3, -0.25) is 9.88 Å². The summed E-state index contributed by atoms with van der Waals surface area (Å²) in [5.41, 5.74) is 5.24. The number of aromatic nitrogens is 2. The normalized spacial score (nSPS) is 22.0. The van der Waals surface area contributed by atoms with Crippen LogP contribution in [0.3, 0.4) is 0 Å². The van der Waals surface area contributed by atoms with E-state index in [2.05, 4.69) is 61.5 Å². The van der Waals surface area contributed by atoms with E-state index in [0.717, 1.165) is 63.7 Å². The predicted octanol–water partition coefficient (Wildman–Crippen LogP) is 2.42. The fraction of sp³-hybridized carbons (Fsp3) is 0.391. The summed E-state index contributed by atoms with van der Waals surface area (Å²) in [6.45, 7) is 8.37. The molecule has 29 heavy (non-hydrogen) atoms. The van der Waals surface area contributed by atoms with Gasteiger partial charge < -0.3 is 15.1 Å². The predicted molar refractivity (Wildman–Crippen MR) is 116 cm³/mol. The first-order valence-corrected chi connectivity index (χ1v) is 10.6. The monoisotopic (exact) mass is 386 g/mol. The van der Waals surface area contributed by atoms with E-state index in [1.165, 1.54) is 22.2 Å². The highest BCUT2D eigenvalue weighted by Gasteiger charge is 2.36. The molecule has 6 nitrogen and oxygen atoms in total. The van der Waals surface area contributed by atoms with Crippen LogP contribution in [0, 0.1) is 0 Å². The van der Waals surface area contributed by atoms with Crippen LogP contribution in [0.25, 0.3) is 10.9 Å². The van der Waals surface area contributed by atoms with Gasteiger partial charge in [-0.25, -0.2) is 4.98 Å². The van der Waals surface area contributed by atoms with Crippen LogP contribution in [-0.2, 0) is 6.54 Å². The van der Waals surface area contributed by atoms with Crippen LogP contribution < -0.4 is 15.1 Å². The highest BCUT2D eigenvalue weighted by molar-refractivity contribution is 5.91. The Hall–Kier alpha value is -2.70. The molecule has 5 heterocycles. The van der Waals surface area contributed by atoms with E-state index in [9.17, 15) is 0 Å². The van der Waals surface area contributed by atoms with Crippen LogP contribution >= 0.6 is 0 Å². The van der Waals surface area contributed by atoms with E-state index in [1.807, 2.05) is 12.3 Å². The third kappa shape index (κ3) is 2.94. The first kappa shape index (κ1) is 17.2. The van der Waals surface area contributed by atoms with Crippen molar-refractivity contribution in [3.63, 3.8) is 0 Å². The number of nitrogens with zero attached hydrogens (tertiary/aromatic N) is 5. The van der Waals surface area contributed by atoms with Gasteiger partial charge in [-0.1, -0.05) is 6.07 Å². The number of rotatable bonds is 2. The van der Waals surface area contributed by atoms with Gasteiger partial charge in [0.05, 0.1) is 11.6 Å². The Morgan fingerprint density at radius 1 is 0.931 bits per heavy atom. The fourth-order valence-electron chi connectivity index (χ4n) is 5.10. The molecule has 0 bridgehead atoms. The number of hydrogen-bond donors (Lipinski definition) is 1. The third-order valence-corrected chi connectivity index (χ3v) is 6.64. The van der Waals surface area contributed by atoms with E-state index in [4.69, 9.17) is 4.98 Å². The summed E-state index contributed by atoms with van der Waals surface area (Å²) in [6.07, 6.45) is 4.02. The molecule has 1 unspecified atom stereocenters. The minimum absolute atomic E-state index is 0.426. The minimum atomic E-state index is 0.426. The van der Waals surface area contributed by atoms with Gasteiger partial charge in [-0.2, -0.15) is 0 Å². The van der Waals surface area contributed by atoms with Crippen molar-refractivity contribution >= 4 is 22.4 Å². The second kappa shape index (κ2) is 6.97. The molecule has 6 rings (SSSR count). The lowest BCUT2D eigenvalue weighted by Gasteiger charge is -2.39. The average molecular weight is 387 g/mol. The molecule has 0 amide bonds. The molecule has 0 radical (unpaired) electrons. The molecule has 2 saturated heterocycles. The highest BCUT2D eigenvalue weighted by atomic mass is 15.3. The molecular weight excluding hydrogens is 360 g/mol. The number of anilines is 2. The van der Waals surface area contributed by atoms with Gasteiger partial charge in [0.2, 0.25) is 0 Å². The molecule has 3 aromatic rings. The summed E-state index contributed by atoms with van der Waals surface area (Å²) in [6, 6.07) is 13.5. The van der Waals surface area contributed by atoms with E-state index in [-0.39, 0.29) is 0 Å². The number of nitrogens with one attached hydrogen (secondary N) is 1. The Morgan fingerprint density at radius 2 is 1.86 bits per heavy atom. The summed E-state index contributed by atoms with van der Waals surface area (Å²) in [4.78, 5) is 17.0. The van der Waals surface area contributed by atoms with Gasteiger partial charge in [0.15, 0.2) is 0 Å². The summed E-state index contributed by atoms with van der Waals surface area (Å²) in [7, 11) is 0. The zero-order valence-electron chi connectivity index (χ0n) is 16.6. The first-order valence-electron chi connectivity index (χ1n) is 10.6. The number of fused-ring (bicyclic) bond motifs is 4. The summed E-state index contributed by atoms with van der Waals surface area (Å²) >= 11 is 0. The molecule has 2 fully saturated rings. The maximum atomic E-state index is 4.86. The number of hydrogen-bond acceptors (Lipinski definition) is 6. The van der Waals surface area contributed by atoms with E-state index < -0.39 is 0 Å². The summed E-state index contributed by atoms with van der Waals surface area (Å²) < 4.78 is 0. The molecule has 2 aromatic heterocycles. The third-order valence-electron chi connectivity index (χ3n) is 6.64. The standard InChI is InChI=1S/C23H26N6/c1-4-20-18(3-2-6-25-20)21(5-1)29-12-11-28-15-17-13-23(27-9-7-24-8-10-27)26-14-19(17)22(28)16-29/h1-6,13-14,22,24H,7-12,15-16H2. The van der Waals surface area contributed by atoms with Gasteiger partial charge in [0.25, 0.3) is 0 Å². The van der Waals surface area contributed by atoms with Crippen molar-refractivity contribution in [3.8, 4) is 0 Å². The molecule has 3 aliphatic rings. The molecule has 0 spiro atoms. The van der Waals surface area contributed by atoms with E-state index in [0.29, 0.717) is 6.04 Å². The number of pyridine rings is 2. The SMILES string of the molecule is c1cc(N2CCN3Cc4cc(N5CCNCC5)ncc4C3C2)c2cccnc2c1. The molecule has 1 aromatic carbocycles. The van der Waals surface area contributed by atoms with Gasteiger partial charge >= 0.3 is 0 Å². The molecule has 1 atom stereocenters. The Morgan fingerprint density at radius 3 is 2.79 bits per heavy atom. The molecule has 6 heteroatoms. The van der Waals surface area contributed by atoms with Crippen molar-refractivity contribution in [2.75, 3.05) is 55.6 Å². The smallest absolute Gasteiger partial charge is 0.128 e. The second-order valence-corrected chi connectivity index (χ2v) is 8.26. The van der Waals surface area contributed by atoms with Crippen LogP contribution in [-0.4, -0.2) is 60.7 Å². The van der Waals surface area contributed by atoms with Gasteiger partial charge in [0.1, 0.15) is 5.82 Å². The van der Waals surface area contributed by atoms with E-state index >= 15 is 0 Å². The Kier molecular flexibility index (Phi) is 4.13. The van der Waals surface area contributed by atoms with Crippen LogP contribution in [0.15, 0.2) is 48.8 Å². The van der Waals surface area contributed by atoms with Crippen molar-refractivity contribution in [1.82, 2.24) is 20.2 Å². The van der Waals surface area contributed by atoms with E-state index in [1.54, 1.807) is 0 Å². The molecular formula is C23H26N6. The quantitative estimate of drug-likeness (QED) is 0.730. The molecule has 1 N–H and O–H groups in total. The Balaban J connectivity index is 1.29. The van der Waals surface area contributed by atoms with Crippen LogP contribution in [0.2, 0.25) is 0 Å². The summed E-state index contributed by atoms with van der Waals surface area (Å²) in [5.74, 6) is 1.14. The van der Waals surface area contributed by atoms with Crippen LogP contribution in [0.4, 0.5) is 11.5 Å². The lowest BCUT2D eigenvalue weighted by atomic mass is 10.0.